The Morgan fingerprint density at radius 3 is 2.62 bits per heavy atom. The summed E-state index contributed by atoms with van der Waals surface area (Å²) in [6, 6.07) is 13.3. The van der Waals surface area contributed by atoms with Gasteiger partial charge in [0, 0.05) is 18.7 Å². The van der Waals surface area contributed by atoms with E-state index in [9.17, 15) is 4.79 Å². The zero-order valence-corrected chi connectivity index (χ0v) is 15.9. The first-order valence-corrected chi connectivity index (χ1v) is 9.49. The molecular weight excluding hydrogens is 370 g/mol. The molecule has 1 amide bonds. The highest BCUT2D eigenvalue weighted by Crippen LogP contribution is 2.33. The van der Waals surface area contributed by atoms with E-state index in [0.29, 0.717) is 60.1 Å². The average Bonchev–Trinajstić information content (AvgIpc) is 3.44. The highest BCUT2D eigenvalue weighted by molar-refractivity contribution is 6.10. The fraction of sp³-hybridized carbons (Fsp3) is 0.227. The number of fused-ring (bicyclic) bond motifs is 1. The van der Waals surface area contributed by atoms with Crippen LogP contribution in [0.25, 0.3) is 33.8 Å². The maximum atomic E-state index is 13.4. The van der Waals surface area contributed by atoms with Gasteiger partial charge in [-0.15, -0.1) is 0 Å². The summed E-state index contributed by atoms with van der Waals surface area (Å²) in [5.41, 5.74) is 3.97. The number of furan rings is 1. The SMILES string of the molecule is Cc1ccc(-c2noc3nc(-c4ccco4)cc(C(=O)N4CCOCC4)c23)cc1. The maximum absolute atomic E-state index is 13.4. The third kappa shape index (κ3) is 3.19. The monoisotopic (exact) mass is 389 g/mol. The number of amides is 1. The summed E-state index contributed by atoms with van der Waals surface area (Å²) in [6.45, 7) is 4.17. The Bertz CT molecular complexity index is 1160. The average molecular weight is 389 g/mol. The molecular formula is C22H19N3O4. The third-order valence-electron chi connectivity index (χ3n) is 5.07. The van der Waals surface area contributed by atoms with Crippen LogP contribution in [0.15, 0.2) is 57.7 Å². The molecule has 3 aromatic heterocycles. The van der Waals surface area contributed by atoms with Gasteiger partial charge in [0.05, 0.1) is 30.4 Å². The minimum atomic E-state index is -0.0925. The van der Waals surface area contributed by atoms with Gasteiger partial charge in [-0.05, 0) is 25.1 Å². The van der Waals surface area contributed by atoms with Crippen molar-refractivity contribution in [3.63, 3.8) is 0 Å². The highest BCUT2D eigenvalue weighted by Gasteiger charge is 2.26. The van der Waals surface area contributed by atoms with E-state index in [2.05, 4.69) is 10.1 Å². The van der Waals surface area contributed by atoms with Crippen LogP contribution in [-0.2, 0) is 4.74 Å². The number of carbonyl (C=O) groups is 1. The Morgan fingerprint density at radius 1 is 1.10 bits per heavy atom. The van der Waals surface area contributed by atoms with E-state index in [1.165, 1.54) is 0 Å². The van der Waals surface area contributed by atoms with Crippen molar-refractivity contribution >= 4 is 17.0 Å². The fourth-order valence-electron chi connectivity index (χ4n) is 3.52. The zero-order valence-electron chi connectivity index (χ0n) is 15.9. The maximum Gasteiger partial charge on any atom is 0.259 e. The molecule has 1 aromatic carbocycles. The molecule has 0 atom stereocenters. The number of morpholine rings is 1. The number of hydrogen-bond donors (Lipinski definition) is 0. The number of carbonyl (C=O) groups excluding carboxylic acids is 1. The molecule has 1 fully saturated rings. The number of nitrogens with zero attached hydrogens (tertiary/aromatic N) is 3. The number of ether oxygens (including phenoxy) is 1. The van der Waals surface area contributed by atoms with Crippen molar-refractivity contribution in [1.29, 1.82) is 0 Å². The summed E-state index contributed by atoms with van der Waals surface area (Å²) in [5.74, 6) is 0.473. The lowest BCUT2D eigenvalue weighted by Gasteiger charge is -2.27. The first-order chi connectivity index (χ1) is 14.2. The minimum absolute atomic E-state index is 0.0925. The predicted molar refractivity (Wildman–Crippen MR) is 106 cm³/mol. The van der Waals surface area contributed by atoms with E-state index in [-0.39, 0.29) is 5.91 Å². The molecule has 29 heavy (non-hydrogen) atoms. The molecule has 4 heterocycles. The van der Waals surface area contributed by atoms with Gasteiger partial charge in [0.15, 0.2) is 5.76 Å². The second-order valence-electron chi connectivity index (χ2n) is 7.01. The van der Waals surface area contributed by atoms with E-state index < -0.39 is 0 Å². The first kappa shape index (κ1) is 17.6. The zero-order chi connectivity index (χ0) is 19.8. The third-order valence-corrected chi connectivity index (χ3v) is 5.07. The van der Waals surface area contributed by atoms with E-state index in [0.717, 1.165) is 11.1 Å². The van der Waals surface area contributed by atoms with Gasteiger partial charge < -0.3 is 18.6 Å². The summed E-state index contributed by atoms with van der Waals surface area (Å²) in [6.07, 6.45) is 1.57. The van der Waals surface area contributed by atoms with Crippen LogP contribution in [0, 0.1) is 6.92 Å². The Kier molecular flexibility index (Phi) is 4.37. The molecule has 1 aliphatic rings. The summed E-state index contributed by atoms with van der Waals surface area (Å²) >= 11 is 0. The number of hydrogen-bond acceptors (Lipinski definition) is 6. The number of rotatable bonds is 3. The number of aromatic nitrogens is 2. The van der Waals surface area contributed by atoms with Crippen LogP contribution in [0.4, 0.5) is 0 Å². The summed E-state index contributed by atoms with van der Waals surface area (Å²) in [5, 5.41) is 4.85. The topological polar surface area (TPSA) is 81.6 Å². The highest BCUT2D eigenvalue weighted by atomic mass is 16.5. The van der Waals surface area contributed by atoms with E-state index in [1.54, 1.807) is 29.4 Å². The molecule has 0 radical (unpaired) electrons. The van der Waals surface area contributed by atoms with Gasteiger partial charge in [0.2, 0.25) is 0 Å². The molecule has 7 nitrogen and oxygen atoms in total. The molecule has 1 aliphatic heterocycles. The van der Waals surface area contributed by atoms with Crippen LogP contribution in [0.1, 0.15) is 15.9 Å². The number of benzene rings is 1. The molecule has 5 rings (SSSR count). The van der Waals surface area contributed by atoms with Gasteiger partial charge >= 0.3 is 0 Å². The summed E-state index contributed by atoms with van der Waals surface area (Å²) in [7, 11) is 0. The van der Waals surface area contributed by atoms with Crippen LogP contribution >= 0.6 is 0 Å². The van der Waals surface area contributed by atoms with Gasteiger partial charge in [0.25, 0.3) is 11.6 Å². The second kappa shape index (κ2) is 7.18. The molecule has 7 heteroatoms. The molecule has 0 spiro atoms. The lowest BCUT2D eigenvalue weighted by Crippen LogP contribution is -2.40. The van der Waals surface area contributed by atoms with Crippen LogP contribution < -0.4 is 0 Å². The normalized spacial score (nSPS) is 14.4. The molecule has 0 saturated carbocycles. The molecule has 0 aliphatic carbocycles. The van der Waals surface area contributed by atoms with Crippen LogP contribution in [0.5, 0.6) is 0 Å². The molecule has 4 aromatic rings. The summed E-state index contributed by atoms with van der Waals surface area (Å²) < 4.78 is 16.4. The quantitative estimate of drug-likeness (QED) is 0.528. The Hall–Kier alpha value is -3.45. The van der Waals surface area contributed by atoms with Gasteiger partial charge in [-0.3, -0.25) is 4.79 Å². The molecule has 0 bridgehead atoms. The smallest absolute Gasteiger partial charge is 0.259 e. The van der Waals surface area contributed by atoms with E-state index >= 15 is 0 Å². The van der Waals surface area contributed by atoms with Gasteiger partial charge in [-0.25, -0.2) is 4.98 Å². The van der Waals surface area contributed by atoms with Crippen LogP contribution in [-0.4, -0.2) is 47.3 Å². The Morgan fingerprint density at radius 2 is 1.90 bits per heavy atom. The fourth-order valence-corrected chi connectivity index (χ4v) is 3.52. The van der Waals surface area contributed by atoms with Crippen molar-refractivity contribution < 1.29 is 18.5 Å². The standard InChI is InChI=1S/C22H19N3O4/c1-14-4-6-15(7-5-14)20-19-16(22(26)25-8-11-27-12-9-25)13-17(18-3-2-10-28-18)23-21(19)29-24-20/h2-7,10,13H,8-9,11-12H2,1H3. The minimum Gasteiger partial charge on any atom is -0.463 e. The van der Waals surface area contributed by atoms with Crippen molar-refractivity contribution in [3.05, 3.63) is 59.9 Å². The van der Waals surface area contributed by atoms with Crippen LogP contribution in [0.3, 0.4) is 0 Å². The van der Waals surface area contributed by atoms with Crippen molar-refractivity contribution in [1.82, 2.24) is 15.0 Å². The van der Waals surface area contributed by atoms with E-state index in [1.807, 2.05) is 31.2 Å². The van der Waals surface area contributed by atoms with E-state index in [4.69, 9.17) is 13.7 Å². The molecule has 146 valence electrons. The lowest BCUT2D eigenvalue weighted by atomic mass is 10.0. The largest absolute Gasteiger partial charge is 0.463 e. The van der Waals surface area contributed by atoms with Gasteiger partial charge in [-0.1, -0.05) is 35.0 Å². The molecule has 1 saturated heterocycles. The second-order valence-corrected chi connectivity index (χ2v) is 7.01. The van der Waals surface area contributed by atoms with Crippen molar-refractivity contribution in [2.75, 3.05) is 26.3 Å². The van der Waals surface area contributed by atoms with Crippen molar-refractivity contribution in [2.45, 2.75) is 6.92 Å². The van der Waals surface area contributed by atoms with Crippen molar-refractivity contribution in [3.8, 4) is 22.7 Å². The lowest BCUT2D eigenvalue weighted by molar-refractivity contribution is 0.0304. The van der Waals surface area contributed by atoms with Gasteiger partial charge in [0.1, 0.15) is 11.4 Å². The van der Waals surface area contributed by atoms with Crippen LogP contribution in [0.2, 0.25) is 0 Å². The Labute approximate surface area is 166 Å². The Balaban J connectivity index is 1.70. The van der Waals surface area contributed by atoms with Gasteiger partial charge in [-0.2, -0.15) is 0 Å². The first-order valence-electron chi connectivity index (χ1n) is 9.49. The predicted octanol–water partition coefficient (Wildman–Crippen LogP) is 3.93. The number of pyridine rings is 1. The number of aryl methyl sites for hydroxylation is 1. The van der Waals surface area contributed by atoms with Crippen molar-refractivity contribution in [2.24, 2.45) is 0 Å². The molecule has 0 unspecified atom stereocenters. The summed E-state index contributed by atoms with van der Waals surface area (Å²) in [4.78, 5) is 19.8. The molecule has 0 N–H and O–H groups in total.